The van der Waals surface area contributed by atoms with E-state index in [1.807, 2.05) is 42.6 Å². The maximum atomic E-state index is 12.2. The SMILES string of the molecule is CC(Sc1nnnn1Cc1cccs1)c1nc2ccccc2c(=O)[nH]1. The molecule has 0 saturated heterocycles. The van der Waals surface area contributed by atoms with Crippen molar-refractivity contribution in [2.45, 2.75) is 23.9 Å². The minimum absolute atomic E-state index is 0.0922. The first-order chi connectivity index (χ1) is 12.2. The van der Waals surface area contributed by atoms with Crippen LogP contribution in [-0.4, -0.2) is 30.2 Å². The van der Waals surface area contributed by atoms with Gasteiger partial charge in [-0.2, -0.15) is 0 Å². The van der Waals surface area contributed by atoms with E-state index in [2.05, 4.69) is 25.5 Å². The molecule has 4 aromatic rings. The van der Waals surface area contributed by atoms with Gasteiger partial charge < -0.3 is 4.98 Å². The average Bonchev–Trinajstić information content (AvgIpc) is 3.28. The summed E-state index contributed by atoms with van der Waals surface area (Å²) in [6.45, 7) is 2.60. The summed E-state index contributed by atoms with van der Waals surface area (Å²) in [5.74, 6) is 0.611. The van der Waals surface area contributed by atoms with Crippen LogP contribution in [0.25, 0.3) is 10.9 Å². The summed E-state index contributed by atoms with van der Waals surface area (Å²) >= 11 is 3.13. The van der Waals surface area contributed by atoms with Crippen LogP contribution < -0.4 is 5.56 Å². The highest BCUT2D eigenvalue weighted by Gasteiger charge is 2.17. The van der Waals surface area contributed by atoms with Crippen LogP contribution >= 0.6 is 23.1 Å². The van der Waals surface area contributed by atoms with Crippen molar-refractivity contribution in [2.75, 3.05) is 0 Å². The van der Waals surface area contributed by atoms with Crippen LogP contribution in [0.2, 0.25) is 0 Å². The maximum absolute atomic E-state index is 12.2. The number of nitrogens with one attached hydrogen (secondary N) is 1. The zero-order chi connectivity index (χ0) is 17.2. The summed E-state index contributed by atoms with van der Waals surface area (Å²) < 4.78 is 1.76. The molecule has 1 N–H and O–H groups in total. The zero-order valence-corrected chi connectivity index (χ0v) is 14.9. The normalized spacial score (nSPS) is 12.5. The van der Waals surface area contributed by atoms with Crippen LogP contribution in [0, 0.1) is 0 Å². The molecule has 0 radical (unpaired) electrons. The van der Waals surface area contributed by atoms with Gasteiger partial charge in [-0.3, -0.25) is 4.79 Å². The van der Waals surface area contributed by atoms with Gasteiger partial charge in [0.2, 0.25) is 5.16 Å². The molecule has 0 aliphatic rings. The second-order valence-corrected chi connectivity index (χ2v) is 7.77. The Kier molecular flexibility index (Phi) is 4.33. The highest BCUT2D eigenvalue weighted by atomic mass is 32.2. The third kappa shape index (κ3) is 3.33. The van der Waals surface area contributed by atoms with Crippen molar-refractivity contribution < 1.29 is 0 Å². The van der Waals surface area contributed by atoms with Gasteiger partial charge in [-0.05, 0) is 40.9 Å². The number of fused-ring (bicyclic) bond motifs is 1. The van der Waals surface area contributed by atoms with Gasteiger partial charge in [0.1, 0.15) is 5.82 Å². The van der Waals surface area contributed by atoms with Crippen molar-refractivity contribution in [3.63, 3.8) is 0 Å². The smallest absolute Gasteiger partial charge is 0.258 e. The highest BCUT2D eigenvalue weighted by Crippen LogP contribution is 2.31. The summed E-state index contributed by atoms with van der Waals surface area (Å²) in [6.07, 6.45) is 0. The van der Waals surface area contributed by atoms with E-state index in [-0.39, 0.29) is 10.8 Å². The fraction of sp³-hybridized carbons (Fsp3) is 0.188. The molecule has 0 fully saturated rings. The molecule has 0 saturated carbocycles. The first-order valence-corrected chi connectivity index (χ1v) is 9.41. The maximum Gasteiger partial charge on any atom is 0.258 e. The molecule has 7 nitrogen and oxygen atoms in total. The molecule has 0 aliphatic carbocycles. The fourth-order valence-corrected chi connectivity index (χ4v) is 3.97. The monoisotopic (exact) mass is 370 g/mol. The Bertz CT molecular complexity index is 1060. The van der Waals surface area contributed by atoms with Crippen LogP contribution in [0.5, 0.6) is 0 Å². The molecular formula is C16H14N6OS2. The van der Waals surface area contributed by atoms with Crippen molar-refractivity contribution in [2.24, 2.45) is 0 Å². The van der Waals surface area contributed by atoms with E-state index in [9.17, 15) is 4.79 Å². The Balaban J connectivity index is 1.60. The molecule has 3 aromatic heterocycles. The Labute approximate surface area is 151 Å². The van der Waals surface area contributed by atoms with Crippen molar-refractivity contribution >= 4 is 34.0 Å². The van der Waals surface area contributed by atoms with Gasteiger partial charge in [0.25, 0.3) is 5.56 Å². The fourth-order valence-electron chi connectivity index (χ4n) is 2.44. The highest BCUT2D eigenvalue weighted by molar-refractivity contribution is 7.99. The van der Waals surface area contributed by atoms with E-state index in [0.717, 1.165) is 0 Å². The topological polar surface area (TPSA) is 89.3 Å². The number of thiophene rings is 1. The van der Waals surface area contributed by atoms with Gasteiger partial charge in [-0.1, -0.05) is 30.0 Å². The van der Waals surface area contributed by atoms with E-state index >= 15 is 0 Å². The molecule has 1 unspecified atom stereocenters. The third-order valence-electron chi connectivity index (χ3n) is 3.68. The number of benzene rings is 1. The number of aromatic nitrogens is 6. The van der Waals surface area contributed by atoms with Gasteiger partial charge >= 0.3 is 0 Å². The molecule has 1 atom stereocenters. The van der Waals surface area contributed by atoms with Gasteiger partial charge in [-0.15, -0.1) is 16.4 Å². The van der Waals surface area contributed by atoms with Crippen molar-refractivity contribution in [3.8, 4) is 0 Å². The number of nitrogens with zero attached hydrogens (tertiary/aromatic N) is 5. The lowest BCUT2D eigenvalue weighted by Gasteiger charge is -2.10. The Morgan fingerprint density at radius 2 is 2.16 bits per heavy atom. The molecule has 0 aliphatic heterocycles. The molecule has 0 spiro atoms. The standard InChI is InChI=1S/C16H14N6OS2/c1-10(14-17-13-7-3-2-6-12(13)15(23)18-14)25-16-19-20-21-22(16)9-11-5-4-8-24-11/h2-8,10H,9H2,1H3,(H,17,18,23). The van der Waals surface area contributed by atoms with Crippen LogP contribution in [0.1, 0.15) is 22.9 Å². The summed E-state index contributed by atoms with van der Waals surface area (Å²) in [5, 5.41) is 15.1. The average molecular weight is 370 g/mol. The largest absolute Gasteiger partial charge is 0.309 e. The predicted molar refractivity (Wildman–Crippen MR) is 97.9 cm³/mol. The zero-order valence-electron chi connectivity index (χ0n) is 13.3. The lowest BCUT2D eigenvalue weighted by atomic mass is 10.2. The van der Waals surface area contributed by atoms with Crippen molar-refractivity contribution in [3.05, 3.63) is 62.8 Å². The Morgan fingerprint density at radius 3 is 3.00 bits per heavy atom. The lowest BCUT2D eigenvalue weighted by Crippen LogP contribution is -2.13. The third-order valence-corrected chi connectivity index (χ3v) is 5.62. The molecule has 1 aromatic carbocycles. The van der Waals surface area contributed by atoms with Gasteiger partial charge in [0.05, 0.1) is 22.7 Å². The summed E-state index contributed by atoms with van der Waals surface area (Å²) in [6, 6.07) is 11.4. The number of rotatable bonds is 5. The number of thioether (sulfide) groups is 1. The Hall–Kier alpha value is -2.52. The predicted octanol–water partition coefficient (Wildman–Crippen LogP) is 2.87. The summed E-state index contributed by atoms with van der Waals surface area (Å²) in [4.78, 5) is 20.8. The molecular weight excluding hydrogens is 356 g/mol. The first-order valence-electron chi connectivity index (χ1n) is 7.65. The number of aromatic amines is 1. The molecule has 0 bridgehead atoms. The number of para-hydroxylation sites is 1. The van der Waals surface area contributed by atoms with E-state index in [0.29, 0.717) is 28.4 Å². The number of tetrazole rings is 1. The number of hydrogen-bond acceptors (Lipinski definition) is 7. The Morgan fingerprint density at radius 1 is 1.28 bits per heavy atom. The lowest BCUT2D eigenvalue weighted by molar-refractivity contribution is 0.607. The van der Waals surface area contributed by atoms with Gasteiger partial charge in [0.15, 0.2) is 0 Å². The van der Waals surface area contributed by atoms with Crippen LogP contribution in [0.15, 0.2) is 51.7 Å². The van der Waals surface area contributed by atoms with Gasteiger partial charge in [0, 0.05) is 4.88 Å². The number of hydrogen-bond donors (Lipinski definition) is 1. The molecule has 0 amide bonds. The van der Waals surface area contributed by atoms with E-state index in [1.165, 1.54) is 16.6 Å². The minimum atomic E-state index is -0.133. The second kappa shape index (κ2) is 6.77. The quantitative estimate of drug-likeness (QED) is 0.543. The van der Waals surface area contributed by atoms with E-state index in [4.69, 9.17) is 0 Å². The molecule has 25 heavy (non-hydrogen) atoms. The molecule has 126 valence electrons. The first kappa shape index (κ1) is 16.0. The van der Waals surface area contributed by atoms with Crippen molar-refractivity contribution in [1.29, 1.82) is 0 Å². The van der Waals surface area contributed by atoms with Crippen LogP contribution in [0.4, 0.5) is 0 Å². The van der Waals surface area contributed by atoms with Crippen LogP contribution in [0.3, 0.4) is 0 Å². The molecule has 3 heterocycles. The summed E-state index contributed by atoms with van der Waals surface area (Å²) in [5.41, 5.74) is 0.554. The second-order valence-electron chi connectivity index (χ2n) is 5.43. The molecule has 9 heteroatoms. The van der Waals surface area contributed by atoms with Crippen LogP contribution in [-0.2, 0) is 6.54 Å². The molecule has 4 rings (SSSR count). The number of H-pyrrole nitrogens is 1. The minimum Gasteiger partial charge on any atom is -0.309 e. The van der Waals surface area contributed by atoms with Gasteiger partial charge in [-0.25, -0.2) is 9.67 Å². The van der Waals surface area contributed by atoms with Crippen molar-refractivity contribution in [1.82, 2.24) is 30.2 Å². The van der Waals surface area contributed by atoms with E-state index in [1.54, 1.807) is 22.1 Å². The van der Waals surface area contributed by atoms with E-state index < -0.39 is 0 Å². The summed E-state index contributed by atoms with van der Waals surface area (Å²) in [7, 11) is 0.